The summed E-state index contributed by atoms with van der Waals surface area (Å²) in [5, 5.41) is 0. The van der Waals surface area contributed by atoms with Crippen LogP contribution in [0.4, 0.5) is 24.5 Å². The molecule has 0 unspecified atom stereocenters. The Labute approximate surface area is 148 Å². The maximum Gasteiger partial charge on any atom is 0.534 e. The molecule has 0 saturated carbocycles. The van der Waals surface area contributed by atoms with Crippen LogP contribution in [0.15, 0.2) is 18.2 Å². The number of alkyl halides is 3. The van der Waals surface area contributed by atoms with E-state index in [1.807, 2.05) is 0 Å². The summed E-state index contributed by atoms with van der Waals surface area (Å²) >= 11 is 0. The molecule has 26 heavy (non-hydrogen) atoms. The third-order valence-electron chi connectivity index (χ3n) is 4.02. The molecule has 7 nitrogen and oxygen atoms in total. The van der Waals surface area contributed by atoms with E-state index in [0.29, 0.717) is 0 Å². The Morgan fingerprint density at radius 1 is 1.12 bits per heavy atom. The van der Waals surface area contributed by atoms with Gasteiger partial charge in [-0.2, -0.15) is 21.6 Å². The van der Waals surface area contributed by atoms with Crippen molar-refractivity contribution in [3.63, 3.8) is 0 Å². The van der Waals surface area contributed by atoms with Crippen molar-refractivity contribution in [2.24, 2.45) is 5.41 Å². The zero-order valence-electron chi connectivity index (χ0n) is 14.4. The molecule has 0 N–H and O–H groups in total. The van der Waals surface area contributed by atoms with Crippen LogP contribution in [0.1, 0.15) is 20.8 Å². The minimum atomic E-state index is -5.85. The summed E-state index contributed by atoms with van der Waals surface area (Å²) in [7, 11) is -4.51. The first-order valence-corrected chi connectivity index (χ1v) is 8.89. The number of carbonyl (C=O) groups is 2. The zero-order valence-corrected chi connectivity index (χ0v) is 15.2. The van der Waals surface area contributed by atoms with Gasteiger partial charge < -0.3 is 14.0 Å². The first kappa shape index (κ1) is 20.0. The maximum absolute atomic E-state index is 12.7. The molecule has 0 radical (unpaired) electrons. The highest BCUT2D eigenvalue weighted by Gasteiger charge is 2.49. The van der Waals surface area contributed by atoms with Crippen molar-refractivity contribution >= 4 is 33.3 Å². The lowest BCUT2D eigenvalue weighted by Crippen LogP contribution is -2.47. The lowest BCUT2D eigenvalue weighted by atomic mass is 9.90. The second-order valence-electron chi connectivity index (χ2n) is 6.17. The average Bonchev–Trinajstić information content (AvgIpc) is 2.57. The van der Waals surface area contributed by atoms with E-state index < -0.39 is 38.6 Å². The van der Waals surface area contributed by atoms with Crippen LogP contribution in [-0.2, 0) is 19.7 Å². The van der Waals surface area contributed by atoms with Gasteiger partial charge in [-0.3, -0.25) is 9.59 Å². The average molecular weight is 394 g/mol. The molecule has 1 aliphatic heterocycles. The molecule has 1 aliphatic rings. The number of rotatable bonds is 3. The fraction of sp³-hybridized carbons (Fsp3) is 0.467. The summed E-state index contributed by atoms with van der Waals surface area (Å²) in [4.78, 5) is 27.7. The molecule has 0 bridgehead atoms. The molecule has 2 rings (SSSR count). The minimum Gasteiger partial charge on any atom is -0.376 e. The Balaban J connectivity index is 2.59. The molecule has 144 valence electrons. The minimum absolute atomic E-state index is 0.0608. The molecule has 2 amide bonds. The Kier molecular flexibility index (Phi) is 4.73. The second-order valence-corrected chi connectivity index (χ2v) is 7.71. The lowest BCUT2D eigenvalue weighted by Gasteiger charge is -2.27. The maximum atomic E-state index is 12.7. The van der Waals surface area contributed by atoms with Gasteiger partial charge in [0.2, 0.25) is 11.8 Å². The fourth-order valence-electron chi connectivity index (χ4n) is 2.61. The van der Waals surface area contributed by atoms with E-state index in [1.165, 1.54) is 31.9 Å². The highest BCUT2D eigenvalue weighted by molar-refractivity contribution is 7.88. The van der Waals surface area contributed by atoms with E-state index >= 15 is 0 Å². The van der Waals surface area contributed by atoms with Crippen LogP contribution < -0.4 is 14.0 Å². The van der Waals surface area contributed by atoms with E-state index in [9.17, 15) is 31.2 Å². The van der Waals surface area contributed by atoms with Gasteiger partial charge in [0.25, 0.3) is 0 Å². The molecule has 11 heteroatoms. The second kappa shape index (κ2) is 6.15. The molecule has 1 aromatic rings. The van der Waals surface area contributed by atoms with Gasteiger partial charge in [0.15, 0.2) is 0 Å². The van der Waals surface area contributed by atoms with Gasteiger partial charge in [-0.15, -0.1) is 0 Å². The molecule has 0 saturated heterocycles. The van der Waals surface area contributed by atoms with Crippen LogP contribution in [0.5, 0.6) is 5.75 Å². The van der Waals surface area contributed by atoms with Gasteiger partial charge in [-0.1, -0.05) is 0 Å². The topological polar surface area (TPSA) is 84.0 Å². The van der Waals surface area contributed by atoms with E-state index in [1.54, 1.807) is 6.92 Å². The molecule has 0 atom stereocenters. The van der Waals surface area contributed by atoms with Gasteiger partial charge in [-0.25, -0.2) is 0 Å². The number of fused-ring (bicyclic) bond motifs is 1. The molecule has 0 fully saturated rings. The smallest absolute Gasteiger partial charge is 0.376 e. The van der Waals surface area contributed by atoms with Crippen LogP contribution in [0, 0.1) is 5.41 Å². The van der Waals surface area contributed by atoms with E-state index in [2.05, 4.69) is 4.18 Å². The third kappa shape index (κ3) is 3.11. The van der Waals surface area contributed by atoms with Crippen LogP contribution in [0.25, 0.3) is 0 Å². The van der Waals surface area contributed by atoms with Crippen molar-refractivity contribution in [1.29, 1.82) is 0 Å². The van der Waals surface area contributed by atoms with Crippen molar-refractivity contribution in [1.82, 2.24) is 0 Å². The van der Waals surface area contributed by atoms with E-state index in [4.69, 9.17) is 0 Å². The number of anilines is 2. The summed E-state index contributed by atoms with van der Waals surface area (Å²) in [6, 6.07) is 3.21. The summed E-state index contributed by atoms with van der Waals surface area (Å²) in [5.41, 5.74) is -6.67. The normalized spacial score (nSPS) is 17.8. The van der Waals surface area contributed by atoms with Crippen LogP contribution in [0.2, 0.25) is 0 Å². The molecular weight excluding hydrogens is 377 g/mol. The lowest BCUT2D eigenvalue weighted by molar-refractivity contribution is -0.137. The monoisotopic (exact) mass is 394 g/mol. The fourth-order valence-corrected chi connectivity index (χ4v) is 3.06. The molecule has 1 heterocycles. The Bertz CT molecular complexity index is 865. The number of halogens is 3. The van der Waals surface area contributed by atoms with Crippen molar-refractivity contribution in [2.75, 3.05) is 23.4 Å². The highest BCUT2D eigenvalue weighted by Crippen LogP contribution is 2.40. The third-order valence-corrected chi connectivity index (χ3v) is 5.00. The van der Waals surface area contributed by atoms with Crippen LogP contribution in [-0.4, -0.2) is 39.3 Å². The zero-order chi connectivity index (χ0) is 20.1. The van der Waals surface area contributed by atoms with Gasteiger partial charge in [0.05, 0.1) is 11.4 Å². The summed E-state index contributed by atoms with van der Waals surface area (Å²) in [6.07, 6.45) is 0. The largest absolute Gasteiger partial charge is 0.534 e. The van der Waals surface area contributed by atoms with Crippen LogP contribution >= 0.6 is 0 Å². The van der Waals surface area contributed by atoms with Crippen molar-refractivity contribution in [3.8, 4) is 5.75 Å². The standard InChI is InChI=1S/C15H17F3N2O5S/c1-5-20-10-7-6-9(25-26(23,24)15(16,17)18)8-11(10)19(4)12(21)14(2,3)13(20)22/h6-8H,5H2,1-4H3. The molecule has 1 aromatic carbocycles. The first-order valence-electron chi connectivity index (χ1n) is 7.49. The SMILES string of the molecule is CCN1C(=O)C(C)(C)C(=O)N(C)c2cc(OS(=O)(=O)C(F)(F)F)ccc21. The Hall–Kier alpha value is -2.30. The predicted molar refractivity (Wildman–Crippen MR) is 87.3 cm³/mol. The van der Waals surface area contributed by atoms with Gasteiger partial charge in [0.1, 0.15) is 11.2 Å². The number of hydrogen-bond donors (Lipinski definition) is 0. The Morgan fingerprint density at radius 2 is 1.69 bits per heavy atom. The highest BCUT2D eigenvalue weighted by atomic mass is 32.2. The van der Waals surface area contributed by atoms with E-state index in [0.717, 1.165) is 17.0 Å². The van der Waals surface area contributed by atoms with E-state index in [-0.39, 0.29) is 17.9 Å². The van der Waals surface area contributed by atoms with Gasteiger partial charge in [0, 0.05) is 19.7 Å². The quantitative estimate of drug-likeness (QED) is 0.446. The van der Waals surface area contributed by atoms with Crippen molar-refractivity contribution < 1.29 is 35.4 Å². The molecule has 0 aromatic heterocycles. The number of nitrogens with zero attached hydrogens (tertiary/aromatic N) is 2. The first-order chi connectivity index (χ1) is 11.7. The summed E-state index contributed by atoms with van der Waals surface area (Å²) in [6.45, 7) is 4.76. The van der Waals surface area contributed by atoms with Gasteiger partial charge >= 0.3 is 15.6 Å². The number of amides is 2. The Morgan fingerprint density at radius 3 is 2.19 bits per heavy atom. The van der Waals surface area contributed by atoms with Crippen LogP contribution in [0.3, 0.4) is 0 Å². The number of hydrogen-bond acceptors (Lipinski definition) is 5. The summed E-state index contributed by atoms with van der Waals surface area (Å²) in [5.74, 6) is -1.69. The number of carbonyl (C=O) groups excluding carboxylic acids is 2. The van der Waals surface area contributed by atoms with Crippen molar-refractivity contribution in [2.45, 2.75) is 26.3 Å². The molecule has 0 aliphatic carbocycles. The molecular formula is C15H17F3N2O5S. The van der Waals surface area contributed by atoms with Crippen molar-refractivity contribution in [3.05, 3.63) is 18.2 Å². The summed E-state index contributed by atoms with van der Waals surface area (Å²) < 4.78 is 64.0. The molecule has 0 spiro atoms. The predicted octanol–water partition coefficient (Wildman–Crippen LogP) is 2.27. The number of benzene rings is 1. The van der Waals surface area contributed by atoms with Gasteiger partial charge in [-0.05, 0) is 32.9 Å².